The maximum absolute atomic E-state index is 13.6. The Hall–Kier alpha value is -2.21. The van der Waals surface area contributed by atoms with E-state index in [1.54, 1.807) is 26.0 Å². The molecule has 6 heteroatoms. The normalized spacial score (nSPS) is 12.1. The molecule has 0 bridgehead atoms. The summed E-state index contributed by atoms with van der Waals surface area (Å²) in [5, 5.41) is 3.21. The monoisotopic (exact) mass is 275 g/mol. The van der Waals surface area contributed by atoms with Crippen LogP contribution < -0.4 is 16.6 Å². The van der Waals surface area contributed by atoms with Crippen molar-refractivity contribution in [2.75, 3.05) is 10.7 Å². The van der Waals surface area contributed by atoms with E-state index in [-0.39, 0.29) is 11.9 Å². The second-order valence-electron chi connectivity index (χ2n) is 4.70. The number of nitrogens with one attached hydrogen (secondary N) is 2. The van der Waals surface area contributed by atoms with Gasteiger partial charge >= 0.3 is 0 Å². The minimum atomic E-state index is -0.209. The van der Waals surface area contributed by atoms with Crippen LogP contribution in [0.1, 0.15) is 29.9 Å². The molecule has 0 aliphatic rings. The standard InChI is InChI=1S/C14H18FN5/c1-8-4-5-11(6-12(8)15)9(2)17-13-7-14(20-16)19-10(3)18-13/h4-7,9H,16H2,1-3H3,(H2,17,18,19,20). The average Bonchev–Trinajstić information content (AvgIpc) is 2.41. The van der Waals surface area contributed by atoms with Gasteiger partial charge in [-0.1, -0.05) is 12.1 Å². The van der Waals surface area contributed by atoms with Crippen LogP contribution in [0.3, 0.4) is 0 Å². The predicted octanol–water partition coefficient (Wildman–Crippen LogP) is 2.69. The largest absolute Gasteiger partial charge is 0.363 e. The first-order chi connectivity index (χ1) is 9.49. The number of nitrogens with zero attached hydrogens (tertiary/aromatic N) is 2. The second kappa shape index (κ2) is 5.83. The Bertz CT molecular complexity index is 615. The lowest BCUT2D eigenvalue weighted by molar-refractivity contribution is 0.614. The molecule has 0 saturated carbocycles. The van der Waals surface area contributed by atoms with Crippen molar-refractivity contribution in [3.05, 3.63) is 47.0 Å². The van der Waals surface area contributed by atoms with E-state index in [9.17, 15) is 4.39 Å². The number of hydrogen-bond donors (Lipinski definition) is 3. The minimum absolute atomic E-state index is 0.0787. The van der Waals surface area contributed by atoms with E-state index in [0.29, 0.717) is 23.0 Å². The van der Waals surface area contributed by atoms with Crippen molar-refractivity contribution < 1.29 is 4.39 Å². The van der Waals surface area contributed by atoms with E-state index in [4.69, 9.17) is 5.84 Å². The molecule has 0 amide bonds. The van der Waals surface area contributed by atoms with E-state index in [0.717, 1.165) is 5.56 Å². The lowest BCUT2D eigenvalue weighted by atomic mass is 10.1. The van der Waals surface area contributed by atoms with Crippen LogP contribution >= 0.6 is 0 Å². The van der Waals surface area contributed by atoms with E-state index in [1.807, 2.05) is 13.0 Å². The van der Waals surface area contributed by atoms with Gasteiger partial charge in [-0.3, -0.25) is 0 Å². The number of benzene rings is 1. The fraction of sp³-hybridized carbons (Fsp3) is 0.286. The van der Waals surface area contributed by atoms with Crippen molar-refractivity contribution in [1.82, 2.24) is 9.97 Å². The highest BCUT2D eigenvalue weighted by Crippen LogP contribution is 2.21. The number of hydrazine groups is 1. The van der Waals surface area contributed by atoms with Crippen LogP contribution in [0.15, 0.2) is 24.3 Å². The van der Waals surface area contributed by atoms with Crippen molar-refractivity contribution >= 4 is 11.6 Å². The summed E-state index contributed by atoms with van der Waals surface area (Å²) in [6, 6.07) is 6.81. The number of aromatic nitrogens is 2. The summed E-state index contributed by atoms with van der Waals surface area (Å²) in [7, 11) is 0. The third kappa shape index (κ3) is 3.21. The van der Waals surface area contributed by atoms with Crippen LogP contribution in [0.2, 0.25) is 0 Å². The third-order valence-electron chi connectivity index (χ3n) is 3.05. The Kier molecular flexibility index (Phi) is 4.14. The molecule has 1 heterocycles. The van der Waals surface area contributed by atoms with Crippen LogP contribution in [0.4, 0.5) is 16.0 Å². The van der Waals surface area contributed by atoms with E-state index >= 15 is 0 Å². The SMILES string of the molecule is Cc1nc(NN)cc(NC(C)c2ccc(C)c(F)c2)n1. The molecule has 0 saturated heterocycles. The molecule has 0 spiro atoms. The lowest BCUT2D eigenvalue weighted by Gasteiger charge is -2.16. The van der Waals surface area contributed by atoms with Crippen LogP contribution in [-0.2, 0) is 0 Å². The van der Waals surface area contributed by atoms with Crippen molar-refractivity contribution in [2.45, 2.75) is 26.8 Å². The highest BCUT2D eigenvalue weighted by Gasteiger charge is 2.09. The van der Waals surface area contributed by atoms with Gasteiger partial charge in [-0.25, -0.2) is 20.2 Å². The number of hydrogen-bond acceptors (Lipinski definition) is 5. The van der Waals surface area contributed by atoms with Gasteiger partial charge in [0.25, 0.3) is 0 Å². The summed E-state index contributed by atoms with van der Waals surface area (Å²) in [4.78, 5) is 8.39. The summed E-state index contributed by atoms with van der Waals surface area (Å²) >= 11 is 0. The number of rotatable bonds is 4. The van der Waals surface area contributed by atoms with Gasteiger partial charge in [0.2, 0.25) is 0 Å². The number of anilines is 2. The Balaban J connectivity index is 2.20. The first-order valence-electron chi connectivity index (χ1n) is 6.34. The molecule has 4 N–H and O–H groups in total. The highest BCUT2D eigenvalue weighted by molar-refractivity contribution is 5.48. The first-order valence-corrected chi connectivity index (χ1v) is 6.34. The molecule has 5 nitrogen and oxygen atoms in total. The molecule has 20 heavy (non-hydrogen) atoms. The summed E-state index contributed by atoms with van der Waals surface area (Å²) < 4.78 is 13.6. The number of nitrogens with two attached hydrogens (primary N) is 1. The fourth-order valence-corrected chi connectivity index (χ4v) is 1.90. The maximum atomic E-state index is 13.6. The molecule has 106 valence electrons. The number of halogens is 1. The van der Waals surface area contributed by atoms with E-state index in [2.05, 4.69) is 20.7 Å². The zero-order valence-corrected chi connectivity index (χ0v) is 11.7. The molecule has 1 atom stereocenters. The number of aryl methyl sites for hydroxylation is 2. The quantitative estimate of drug-likeness (QED) is 0.591. The molecule has 1 aromatic heterocycles. The van der Waals surface area contributed by atoms with E-state index in [1.165, 1.54) is 6.07 Å². The molecule has 0 aliphatic heterocycles. The van der Waals surface area contributed by atoms with Crippen LogP contribution in [0.25, 0.3) is 0 Å². The Morgan fingerprint density at radius 1 is 1.15 bits per heavy atom. The third-order valence-corrected chi connectivity index (χ3v) is 3.05. The van der Waals surface area contributed by atoms with E-state index < -0.39 is 0 Å². The second-order valence-corrected chi connectivity index (χ2v) is 4.70. The summed E-state index contributed by atoms with van der Waals surface area (Å²) in [5.41, 5.74) is 3.97. The minimum Gasteiger partial charge on any atom is -0.363 e. The van der Waals surface area contributed by atoms with Gasteiger partial charge in [-0.05, 0) is 38.0 Å². The van der Waals surface area contributed by atoms with Crippen LogP contribution in [0, 0.1) is 19.7 Å². The van der Waals surface area contributed by atoms with Crippen molar-refractivity contribution in [1.29, 1.82) is 0 Å². The molecular weight excluding hydrogens is 257 g/mol. The van der Waals surface area contributed by atoms with Crippen molar-refractivity contribution in [2.24, 2.45) is 5.84 Å². The van der Waals surface area contributed by atoms with Crippen LogP contribution in [0.5, 0.6) is 0 Å². The van der Waals surface area contributed by atoms with Gasteiger partial charge in [0.1, 0.15) is 23.3 Å². The van der Waals surface area contributed by atoms with Crippen molar-refractivity contribution in [3.8, 4) is 0 Å². The smallest absolute Gasteiger partial charge is 0.145 e. The summed E-state index contributed by atoms with van der Waals surface area (Å²) in [6.45, 7) is 5.46. The lowest BCUT2D eigenvalue weighted by Crippen LogP contribution is -2.13. The molecule has 1 aromatic carbocycles. The molecule has 1 unspecified atom stereocenters. The molecule has 0 fully saturated rings. The van der Waals surface area contributed by atoms with Gasteiger partial charge in [0, 0.05) is 6.07 Å². The summed E-state index contributed by atoms with van der Waals surface area (Å²) in [5.74, 6) is 6.91. The van der Waals surface area contributed by atoms with Crippen LogP contribution in [-0.4, -0.2) is 9.97 Å². The number of nitrogen functional groups attached to an aromatic ring is 1. The zero-order valence-electron chi connectivity index (χ0n) is 11.7. The highest BCUT2D eigenvalue weighted by atomic mass is 19.1. The predicted molar refractivity (Wildman–Crippen MR) is 77.8 cm³/mol. The first kappa shape index (κ1) is 14.2. The fourth-order valence-electron chi connectivity index (χ4n) is 1.90. The van der Waals surface area contributed by atoms with Crippen molar-refractivity contribution in [3.63, 3.8) is 0 Å². The Morgan fingerprint density at radius 3 is 2.50 bits per heavy atom. The summed E-state index contributed by atoms with van der Waals surface area (Å²) in [6.07, 6.45) is 0. The molecule has 0 radical (unpaired) electrons. The van der Waals surface area contributed by atoms with Gasteiger partial charge in [-0.2, -0.15) is 0 Å². The topological polar surface area (TPSA) is 75.9 Å². The Labute approximate surface area is 117 Å². The molecule has 0 aliphatic carbocycles. The van der Waals surface area contributed by atoms with Gasteiger partial charge in [0.05, 0.1) is 6.04 Å². The average molecular weight is 275 g/mol. The molecule has 2 aromatic rings. The van der Waals surface area contributed by atoms with Gasteiger partial charge < -0.3 is 10.7 Å². The molecule has 2 rings (SSSR count). The molecular formula is C14H18FN5. The Morgan fingerprint density at radius 2 is 1.85 bits per heavy atom. The maximum Gasteiger partial charge on any atom is 0.145 e. The van der Waals surface area contributed by atoms with Gasteiger partial charge in [-0.15, -0.1) is 0 Å². The zero-order chi connectivity index (χ0) is 14.7. The van der Waals surface area contributed by atoms with Gasteiger partial charge in [0.15, 0.2) is 0 Å².